The number of nitrogens with one attached hydrogen (secondary N) is 1. The standard InChI is InChI=1S/C42H35N3O/c1-26-9-4-6-11-32(26)42-28(3)44-24-22-38(42)45(37-13-8-14-40-41(37)27(2)39(46-40)21-23-43)31-17-20-34-30(25-31)16-19-35-33-12-7-5-10-29(33)15-18-36(34)35/h4-25,28,44H,43H2,1-3H3/b23-21-. The SMILES string of the molecule is Cc1ccccc1C1=C(N(c2ccc3c(ccc4c5ccccc5ccc34)c2)c2cccc3oc(/C=C\N)c(C)c23)C=CNC1C. The summed E-state index contributed by atoms with van der Waals surface area (Å²) in [5.41, 5.74) is 14.7. The van der Waals surface area contributed by atoms with Crippen molar-refractivity contribution in [2.24, 2.45) is 5.73 Å². The number of rotatable bonds is 5. The van der Waals surface area contributed by atoms with Crippen molar-refractivity contribution in [1.82, 2.24) is 5.32 Å². The van der Waals surface area contributed by atoms with E-state index in [4.69, 9.17) is 10.2 Å². The Bertz CT molecular complexity index is 2410. The van der Waals surface area contributed by atoms with Gasteiger partial charge in [-0.1, -0.05) is 84.9 Å². The third-order valence-electron chi connectivity index (χ3n) is 9.41. The third kappa shape index (κ3) is 4.37. The van der Waals surface area contributed by atoms with Crippen LogP contribution in [0.4, 0.5) is 11.4 Å². The summed E-state index contributed by atoms with van der Waals surface area (Å²) in [4.78, 5) is 2.40. The van der Waals surface area contributed by atoms with Crippen LogP contribution in [0.5, 0.6) is 0 Å². The predicted octanol–water partition coefficient (Wildman–Crippen LogP) is 10.5. The molecule has 0 saturated heterocycles. The minimum atomic E-state index is 0.0988. The van der Waals surface area contributed by atoms with Crippen LogP contribution in [0.2, 0.25) is 0 Å². The summed E-state index contributed by atoms with van der Waals surface area (Å²) in [5.74, 6) is 0.768. The first-order valence-electron chi connectivity index (χ1n) is 15.8. The normalized spacial score (nSPS) is 15.1. The summed E-state index contributed by atoms with van der Waals surface area (Å²) in [6.07, 6.45) is 7.64. The molecule has 1 aliphatic heterocycles. The van der Waals surface area contributed by atoms with Crippen molar-refractivity contribution in [3.63, 3.8) is 0 Å². The molecule has 1 atom stereocenters. The van der Waals surface area contributed by atoms with Gasteiger partial charge >= 0.3 is 0 Å². The minimum absolute atomic E-state index is 0.0988. The zero-order chi connectivity index (χ0) is 31.4. The number of nitrogens with two attached hydrogens (primary N) is 1. The van der Waals surface area contributed by atoms with Crippen LogP contribution in [0.3, 0.4) is 0 Å². The topological polar surface area (TPSA) is 54.4 Å². The van der Waals surface area contributed by atoms with E-state index in [1.807, 2.05) is 12.1 Å². The van der Waals surface area contributed by atoms with Crippen molar-refractivity contribution in [3.05, 3.63) is 156 Å². The second-order valence-corrected chi connectivity index (χ2v) is 12.1. The highest BCUT2D eigenvalue weighted by Crippen LogP contribution is 2.44. The van der Waals surface area contributed by atoms with Gasteiger partial charge in [0, 0.05) is 22.2 Å². The van der Waals surface area contributed by atoms with Gasteiger partial charge in [-0.3, -0.25) is 0 Å². The lowest BCUT2D eigenvalue weighted by Crippen LogP contribution is -2.31. The maximum Gasteiger partial charge on any atom is 0.137 e. The van der Waals surface area contributed by atoms with Gasteiger partial charge < -0.3 is 20.4 Å². The molecule has 4 heteroatoms. The molecule has 46 heavy (non-hydrogen) atoms. The molecule has 0 amide bonds. The second kappa shape index (κ2) is 11.0. The van der Waals surface area contributed by atoms with E-state index in [1.54, 1.807) is 0 Å². The molecule has 4 nitrogen and oxygen atoms in total. The molecule has 3 N–H and O–H groups in total. The first-order chi connectivity index (χ1) is 22.5. The van der Waals surface area contributed by atoms with Crippen LogP contribution in [0.1, 0.15) is 29.4 Å². The number of furan rings is 1. The first kappa shape index (κ1) is 27.8. The van der Waals surface area contributed by atoms with E-state index in [9.17, 15) is 0 Å². The predicted molar refractivity (Wildman–Crippen MR) is 195 cm³/mol. The lowest BCUT2D eigenvalue weighted by Gasteiger charge is -2.34. The fourth-order valence-corrected chi connectivity index (χ4v) is 7.20. The number of fused-ring (bicyclic) bond motifs is 6. The number of allylic oxidation sites excluding steroid dienone is 1. The fourth-order valence-electron chi connectivity index (χ4n) is 7.20. The summed E-state index contributed by atoms with van der Waals surface area (Å²) in [6.45, 7) is 6.53. The Labute approximate surface area is 268 Å². The summed E-state index contributed by atoms with van der Waals surface area (Å²) in [7, 11) is 0. The molecule has 1 aliphatic rings. The van der Waals surface area contributed by atoms with E-state index in [0.717, 1.165) is 39.4 Å². The molecule has 1 unspecified atom stereocenters. The van der Waals surface area contributed by atoms with Gasteiger partial charge in [-0.05, 0) is 113 Å². The van der Waals surface area contributed by atoms with E-state index in [-0.39, 0.29) is 6.04 Å². The van der Waals surface area contributed by atoms with E-state index in [2.05, 4.69) is 146 Å². The first-order valence-corrected chi connectivity index (χ1v) is 15.8. The van der Waals surface area contributed by atoms with Crippen LogP contribution in [-0.4, -0.2) is 6.04 Å². The van der Waals surface area contributed by atoms with E-state index in [0.29, 0.717) is 0 Å². The zero-order valence-electron chi connectivity index (χ0n) is 26.2. The smallest absolute Gasteiger partial charge is 0.137 e. The van der Waals surface area contributed by atoms with Gasteiger partial charge in [-0.15, -0.1) is 0 Å². The van der Waals surface area contributed by atoms with E-state index >= 15 is 0 Å². The number of anilines is 2. The molecule has 7 aromatic rings. The van der Waals surface area contributed by atoms with Crippen molar-refractivity contribution in [1.29, 1.82) is 0 Å². The summed E-state index contributed by atoms with van der Waals surface area (Å²) < 4.78 is 6.32. The van der Waals surface area contributed by atoms with Crippen molar-refractivity contribution >= 4 is 66.3 Å². The van der Waals surface area contributed by atoms with Gasteiger partial charge in [0.05, 0.1) is 17.4 Å². The molecular weight excluding hydrogens is 562 g/mol. The highest BCUT2D eigenvalue weighted by atomic mass is 16.3. The number of hydrogen-bond donors (Lipinski definition) is 2. The van der Waals surface area contributed by atoms with Gasteiger partial charge in [-0.25, -0.2) is 0 Å². The number of nitrogens with zero attached hydrogens (tertiary/aromatic N) is 1. The summed E-state index contributed by atoms with van der Waals surface area (Å²) in [6, 6.07) is 39.5. The monoisotopic (exact) mass is 597 g/mol. The molecule has 0 fully saturated rings. The van der Waals surface area contributed by atoms with Crippen LogP contribution >= 0.6 is 0 Å². The van der Waals surface area contributed by atoms with Crippen LogP contribution < -0.4 is 16.0 Å². The second-order valence-electron chi connectivity index (χ2n) is 12.1. The van der Waals surface area contributed by atoms with Crippen LogP contribution in [-0.2, 0) is 0 Å². The number of benzene rings is 6. The van der Waals surface area contributed by atoms with Gasteiger partial charge in [-0.2, -0.15) is 0 Å². The number of aryl methyl sites for hydroxylation is 2. The van der Waals surface area contributed by atoms with Crippen molar-refractivity contribution in [3.8, 4) is 0 Å². The Morgan fingerprint density at radius 2 is 1.50 bits per heavy atom. The summed E-state index contributed by atoms with van der Waals surface area (Å²) >= 11 is 0. The molecule has 0 saturated carbocycles. The Hall–Kier alpha value is -5.74. The van der Waals surface area contributed by atoms with Gasteiger partial charge in [0.2, 0.25) is 0 Å². The average molecular weight is 598 g/mol. The molecule has 0 aliphatic carbocycles. The largest absolute Gasteiger partial charge is 0.456 e. The summed E-state index contributed by atoms with van der Waals surface area (Å²) in [5, 5.41) is 12.1. The molecule has 6 aromatic carbocycles. The molecule has 0 radical (unpaired) electrons. The Balaban J connectivity index is 1.43. The van der Waals surface area contributed by atoms with Gasteiger partial charge in [0.1, 0.15) is 11.3 Å². The van der Waals surface area contributed by atoms with E-state index < -0.39 is 0 Å². The van der Waals surface area contributed by atoms with Gasteiger partial charge in [0.15, 0.2) is 0 Å². The zero-order valence-corrected chi connectivity index (χ0v) is 26.2. The molecule has 0 spiro atoms. The Morgan fingerprint density at radius 1 is 0.761 bits per heavy atom. The number of hydrogen-bond acceptors (Lipinski definition) is 4. The highest BCUT2D eigenvalue weighted by Gasteiger charge is 2.27. The molecule has 8 rings (SSSR count). The fraction of sp³-hybridized carbons (Fsp3) is 0.0952. The average Bonchev–Trinajstić information content (AvgIpc) is 3.40. The lowest BCUT2D eigenvalue weighted by molar-refractivity contribution is 0.601. The highest BCUT2D eigenvalue weighted by molar-refractivity contribution is 6.17. The third-order valence-corrected chi connectivity index (χ3v) is 9.41. The van der Waals surface area contributed by atoms with Crippen molar-refractivity contribution < 1.29 is 4.42 Å². The quantitative estimate of drug-likeness (QED) is 0.194. The van der Waals surface area contributed by atoms with E-state index in [1.165, 1.54) is 55.2 Å². The van der Waals surface area contributed by atoms with Crippen LogP contribution in [0, 0.1) is 13.8 Å². The molecular formula is C42H35N3O. The van der Waals surface area contributed by atoms with Gasteiger partial charge in [0.25, 0.3) is 0 Å². The minimum Gasteiger partial charge on any atom is -0.456 e. The van der Waals surface area contributed by atoms with Crippen molar-refractivity contribution in [2.45, 2.75) is 26.8 Å². The Kier molecular flexibility index (Phi) is 6.65. The Morgan fingerprint density at radius 3 is 2.33 bits per heavy atom. The molecule has 224 valence electrons. The van der Waals surface area contributed by atoms with Crippen molar-refractivity contribution in [2.75, 3.05) is 4.90 Å². The lowest BCUT2D eigenvalue weighted by atomic mass is 9.91. The molecule has 0 bridgehead atoms. The van der Waals surface area contributed by atoms with Crippen LogP contribution in [0.25, 0.3) is 54.9 Å². The molecule has 2 heterocycles. The molecule has 1 aromatic heterocycles. The number of dihydropyridines is 1. The van der Waals surface area contributed by atoms with Crippen LogP contribution in [0.15, 0.2) is 138 Å². The maximum absolute atomic E-state index is 6.32. The maximum atomic E-state index is 6.32.